The minimum atomic E-state index is 0.558. The molecule has 1 heterocycles. The molecule has 4 N–H and O–H groups in total. The van der Waals surface area contributed by atoms with E-state index in [1.54, 1.807) is 0 Å². The summed E-state index contributed by atoms with van der Waals surface area (Å²) in [6, 6.07) is 6.79. The zero-order chi connectivity index (χ0) is 13.8. The summed E-state index contributed by atoms with van der Waals surface area (Å²) in [5.41, 5.74) is 15.4. The Morgan fingerprint density at radius 2 is 1.95 bits per heavy atom. The topological polar surface area (TPSA) is 57.0 Å². The SMILES string of the molecule is CC(C)c1ccc2c(c1)c(CCN)cn2CCCN. The summed E-state index contributed by atoms with van der Waals surface area (Å²) in [6.45, 7) is 6.88. The highest BCUT2D eigenvalue weighted by Gasteiger charge is 2.09. The van der Waals surface area contributed by atoms with Crippen LogP contribution in [0.25, 0.3) is 10.9 Å². The van der Waals surface area contributed by atoms with E-state index in [9.17, 15) is 0 Å². The van der Waals surface area contributed by atoms with Crippen LogP contribution >= 0.6 is 0 Å². The third-order valence-electron chi connectivity index (χ3n) is 3.67. The van der Waals surface area contributed by atoms with Crippen molar-refractivity contribution >= 4 is 10.9 Å². The Morgan fingerprint density at radius 1 is 1.16 bits per heavy atom. The summed E-state index contributed by atoms with van der Waals surface area (Å²) in [5.74, 6) is 0.558. The monoisotopic (exact) mass is 259 g/mol. The van der Waals surface area contributed by atoms with Crippen LogP contribution in [0.1, 0.15) is 37.3 Å². The number of nitrogens with two attached hydrogens (primary N) is 2. The number of fused-ring (bicyclic) bond motifs is 1. The van der Waals surface area contributed by atoms with E-state index in [4.69, 9.17) is 11.5 Å². The van der Waals surface area contributed by atoms with E-state index in [0.717, 1.165) is 25.9 Å². The summed E-state index contributed by atoms with van der Waals surface area (Å²) in [5, 5.41) is 1.36. The van der Waals surface area contributed by atoms with Crippen molar-refractivity contribution in [3.63, 3.8) is 0 Å². The first-order valence-electron chi connectivity index (χ1n) is 7.19. The molecule has 104 valence electrons. The van der Waals surface area contributed by atoms with Gasteiger partial charge in [-0.15, -0.1) is 0 Å². The molecule has 0 atom stereocenters. The number of aromatic nitrogens is 1. The zero-order valence-electron chi connectivity index (χ0n) is 12.0. The number of benzene rings is 1. The van der Waals surface area contributed by atoms with E-state index >= 15 is 0 Å². The van der Waals surface area contributed by atoms with Gasteiger partial charge in [0.15, 0.2) is 0 Å². The molecule has 0 radical (unpaired) electrons. The third-order valence-corrected chi connectivity index (χ3v) is 3.67. The van der Waals surface area contributed by atoms with Gasteiger partial charge in [0, 0.05) is 23.6 Å². The fourth-order valence-electron chi connectivity index (χ4n) is 2.55. The van der Waals surface area contributed by atoms with Gasteiger partial charge in [-0.25, -0.2) is 0 Å². The molecular weight excluding hydrogens is 234 g/mol. The van der Waals surface area contributed by atoms with Crippen molar-refractivity contribution in [1.29, 1.82) is 0 Å². The number of hydrogen-bond donors (Lipinski definition) is 2. The lowest BCUT2D eigenvalue weighted by Gasteiger charge is -2.07. The van der Waals surface area contributed by atoms with E-state index in [1.807, 2.05) is 0 Å². The quantitative estimate of drug-likeness (QED) is 0.838. The molecule has 0 fully saturated rings. The lowest BCUT2D eigenvalue weighted by Crippen LogP contribution is -2.05. The second-order valence-electron chi connectivity index (χ2n) is 5.46. The molecule has 0 unspecified atom stereocenters. The van der Waals surface area contributed by atoms with Gasteiger partial charge in [-0.2, -0.15) is 0 Å². The van der Waals surface area contributed by atoms with Gasteiger partial charge < -0.3 is 16.0 Å². The van der Waals surface area contributed by atoms with Gasteiger partial charge in [0.2, 0.25) is 0 Å². The van der Waals surface area contributed by atoms with Crippen molar-refractivity contribution in [2.75, 3.05) is 13.1 Å². The Balaban J connectivity index is 2.47. The average Bonchev–Trinajstić information content (AvgIpc) is 2.74. The number of rotatable bonds is 6. The number of hydrogen-bond acceptors (Lipinski definition) is 2. The van der Waals surface area contributed by atoms with Crippen LogP contribution in [0, 0.1) is 0 Å². The maximum Gasteiger partial charge on any atom is 0.0483 e. The smallest absolute Gasteiger partial charge is 0.0483 e. The molecule has 19 heavy (non-hydrogen) atoms. The minimum absolute atomic E-state index is 0.558. The Kier molecular flexibility index (Phi) is 4.61. The summed E-state index contributed by atoms with van der Waals surface area (Å²) in [4.78, 5) is 0. The first-order valence-corrected chi connectivity index (χ1v) is 7.19. The van der Waals surface area contributed by atoms with Crippen molar-refractivity contribution in [2.24, 2.45) is 11.5 Å². The standard InChI is InChI=1S/C16H25N3/c1-12(2)13-4-5-16-15(10-13)14(6-8-18)11-19(16)9-3-7-17/h4-5,10-12H,3,6-9,17-18H2,1-2H3. The molecule has 0 aliphatic rings. The van der Waals surface area contributed by atoms with Gasteiger partial charge in [0.05, 0.1) is 0 Å². The Bertz CT molecular complexity index is 540. The first kappa shape index (κ1) is 14.1. The Labute approximate surface area is 115 Å². The molecule has 1 aromatic carbocycles. The van der Waals surface area contributed by atoms with Crippen molar-refractivity contribution < 1.29 is 0 Å². The lowest BCUT2D eigenvalue weighted by molar-refractivity contribution is 0.668. The molecule has 2 aromatic rings. The van der Waals surface area contributed by atoms with Crippen molar-refractivity contribution in [2.45, 2.75) is 39.2 Å². The fourth-order valence-corrected chi connectivity index (χ4v) is 2.55. The first-order chi connectivity index (χ1) is 9.17. The minimum Gasteiger partial charge on any atom is -0.347 e. The Hall–Kier alpha value is -1.32. The molecule has 0 saturated heterocycles. The van der Waals surface area contributed by atoms with Crippen LogP contribution in [0.5, 0.6) is 0 Å². The van der Waals surface area contributed by atoms with Crippen LogP contribution in [-0.4, -0.2) is 17.7 Å². The van der Waals surface area contributed by atoms with E-state index in [0.29, 0.717) is 12.5 Å². The van der Waals surface area contributed by atoms with E-state index < -0.39 is 0 Å². The van der Waals surface area contributed by atoms with Crippen molar-refractivity contribution in [3.05, 3.63) is 35.5 Å². The summed E-state index contributed by atoms with van der Waals surface area (Å²) >= 11 is 0. The van der Waals surface area contributed by atoms with Gasteiger partial charge in [-0.1, -0.05) is 19.9 Å². The zero-order valence-corrected chi connectivity index (χ0v) is 12.0. The fraction of sp³-hybridized carbons (Fsp3) is 0.500. The van der Waals surface area contributed by atoms with Crippen LogP contribution in [0.3, 0.4) is 0 Å². The molecule has 3 heteroatoms. The van der Waals surface area contributed by atoms with Gasteiger partial charge in [0.1, 0.15) is 0 Å². The normalized spacial score (nSPS) is 11.6. The predicted octanol–water partition coefficient (Wildman–Crippen LogP) is 2.61. The van der Waals surface area contributed by atoms with E-state index in [2.05, 4.69) is 42.8 Å². The molecule has 0 aliphatic carbocycles. The number of nitrogens with zero attached hydrogens (tertiary/aromatic N) is 1. The maximum absolute atomic E-state index is 5.73. The molecule has 0 bridgehead atoms. The summed E-state index contributed by atoms with van der Waals surface area (Å²) < 4.78 is 2.32. The molecule has 3 nitrogen and oxygen atoms in total. The molecule has 0 spiro atoms. The highest BCUT2D eigenvalue weighted by atomic mass is 15.0. The molecule has 2 rings (SSSR count). The number of aryl methyl sites for hydroxylation is 1. The van der Waals surface area contributed by atoms with E-state index in [1.165, 1.54) is 22.0 Å². The van der Waals surface area contributed by atoms with Crippen LogP contribution in [0.15, 0.2) is 24.4 Å². The predicted molar refractivity (Wildman–Crippen MR) is 82.5 cm³/mol. The lowest BCUT2D eigenvalue weighted by atomic mass is 10.00. The van der Waals surface area contributed by atoms with Crippen LogP contribution < -0.4 is 11.5 Å². The molecule has 1 aromatic heterocycles. The second kappa shape index (κ2) is 6.22. The van der Waals surface area contributed by atoms with Gasteiger partial charge in [-0.3, -0.25) is 0 Å². The largest absolute Gasteiger partial charge is 0.347 e. The van der Waals surface area contributed by atoms with Gasteiger partial charge in [-0.05, 0) is 55.1 Å². The molecule has 0 amide bonds. The highest BCUT2D eigenvalue weighted by Crippen LogP contribution is 2.26. The summed E-state index contributed by atoms with van der Waals surface area (Å²) in [7, 11) is 0. The molecular formula is C16H25N3. The molecule has 0 saturated carbocycles. The summed E-state index contributed by atoms with van der Waals surface area (Å²) in [6.07, 6.45) is 4.20. The highest BCUT2D eigenvalue weighted by molar-refractivity contribution is 5.85. The van der Waals surface area contributed by atoms with Gasteiger partial charge in [0.25, 0.3) is 0 Å². The van der Waals surface area contributed by atoms with Crippen molar-refractivity contribution in [1.82, 2.24) is 4.57 Å². The van der Waals surface area contributed by atoms with Crippen molar-refractivity contribution in [3.8, 4) is 0 Å². The average molecular weight is 259 g/mol. The second-order valence-corrected chi connectivity index (χ2v) is 5.46. The molecule has 0 aliphatic heterocycles. The Morgan fingerprint density at radius 3 is 2.58 bits per heavy atom. The van der Waals surface area contributed by atoms with E-state index in [-0.39, 0.29) is 0 Å². The van der Waals surface area contributed by atoms with Crippen LogP contribution in [-0.2, 0) is 13.0 Å². The van der Waals surface area contributed by atoms with Crippen LogP contribution in [0.4, 0.5) is 0 Å². The van der Waals surface area contributed by atoms with Crippen LogP contribution in [0.2, 0.25) is 0 Å². The maximum atomic E-state index is 5.73. The third kappa shape index (κ3) is 2.99. The van der Waals surface area contributed by atoms with Gasteiger partial charge >= 0.3 is 0 Å².